The number of thiol groups is 1. The molecule has 1 aliphatic heterocycles. The van der Waals surface area contributed by atoms with E-state index in [1.807, 2.05) is 94.4 Å². The molecular formula is C25H30N4O4S. The molecule has 0 radical (unpaired) electrons. The van der Waals surface area contributed by atoms with Crippen LogP contribution in [0.1, 0.15) is 31.3 Å². The van der Waals surface area contributed by atoms with Gasteiger partial charge in [-0.05, 0) is 45.0 Å². The molecule has 0 saturated heterocycles. The number of hydrogen-bond acceptors (Lipinski definition) is 8. The average Bonchev–Trinajstić information content (AvgIpc) is 3.18. The van der Waals surface area contributed by atoms with Crippen LogP contribution < -0.4 is 19.7 Å². The van der Waals surface area contributed by atoms with Crippen LogP contribution in [0.15, 0.2) is 54.6 Å². The normalized spacial score (nSPS) is 16.0. The Morgan fingerprint density at radius 3 is 2.44 bits per heavy atom. The lowest BCUT2D eigenvalue weighted by Crippen LogP contribution is -2.41. The zero-order valence-corrected chi connectivity index (χ0v) is 20.9. The van der Waals surface area contributed by atoms with E-state index in [-0.39, 0.29) is 5.69 Å². The number of para-hydroxylation sites is 3. The molecule has 1 aromatic heterocycles. The lowest BCUT2D eigenvalue weighted by Gasteiger charge is -2.30. The highest BCUT2D eigenvalue weighted by molar-refractivity contribution is 7.81. The molecule has 4 rings (SSSR count). The summed E-state index contributed by atoms with van der Waals surface area (Å²) in [5, 5.41) is 2.75. The van der Waals surface area contributed by atoms with Gasteiger partial charge in [-0.2, -0.15) is 17.6 Å². The van der Waals surface area contributed by atoms with Gasteiger partial charge in [0.2, 0.25) is 5.95 Å². The SMILES string of the molecule is CN(C)c1nc(NC(S)C2COc3ccccc3O2)c(C(=O)OC(C)(C)C)n1-c1ccccc1. The van der Waals surface area contributed by atoms with Crippen LogP contribution in [0, 0.1) is 0 Å². The summed E-state index contributed by atoms with van der Waals surface area (Å²) in [6.07, 6.45) is -0.408. The van der Waals surface area contributed by atoms with E-state index >= 15 is 0 Å². The number of hydrogen-bond donors (Lipinski definition) is 2. The summed E-state index contributed by atoms with van der Waals surface area (Å²) in [5.74, 6) is 1.77. The molecule has 1 aliphatic rings. The molecule has 2 aromatic carbocycles. The maximum atomic E-state index is 13.4. The van der Waals surface area contributed by atoms with Gasteiger partial charge in [0.05, 0.1) is 0 Å². The zero-order chi connectivity index (χ0) is 24.5. The monoisotopic (exact) mass is 482 g/mol. The molecule has 1 N–H and O–H groups in total. The Morgan fingerprint density at radius 1 is 1.15 bits per heavy atom. The van der Waals surface area contributed by atoms with E-state index in [2.05, 4.69) is 5.32 Å². The number of anilines is 2. The van der Waals surface area contributed by atoms with Crippen LogP contribution in [-0.4, -0.2) is 53.3 Å². The van der Waals surface area contributed by atoms with E-state index in [0.717, 1.165) is 5.69 Å². The third-order valence-electron chi connectivity index (χ3n) is 5.03. The van der Waals surface area contributed by atoms with Crippen LogP contribution in [0.25, 0.3) is 5.69 Å². The van der Waals surface area contributed by atoms with Crippen molar-refractivity contribution in [1.82, 2.24) is 9.55 Å². The second kappa shape index (κ2) is 9.50. The van der Waals surface area contributed by atoms with Gasteiger partial charge < -0.3 is 24.4 Å². The number of rotatable bonds is 6. The van der Waals surface area contributed by atoms with Crippen molar-refractivity contribution in [2.75, 3.05) is 30.9 Å². The van der Waals surface area contributed by atoms with E-state index < -0.39 is 23.0 Å². The topological polar surface area (TPSA) is 77.8 Å². The second-order valence-electron chi connectivity index (χ2n) is 9.18. The predicted octanol–water partition coefficient (Wildman–Crippen LogP) is 4.40. The molecule has 2 atom stereocenters. The number of aromatic nitrogens is 2. The Kier molecular flexibility index (Phi) is 6.65. The van der Waals surface area contributed by atoms with Crippen LogP contribution in [0.4, 0.5) is 11.8 Å². The summed E-state index contributed by atoms with van der Waals surface area (Å²) in [7, 11) is 3.75. The highest BCUT2D eigenvalue weighted by atomic mass is 32.1. The molecule has 9 heteroatoms. The van der Waals surface area contributed by atoms with Gasteiger partial charge >= 0.3 is 5.97 Å². The first-order chi connectivity index (χ1) is 16.1. The van der Waals surface area contributed by atoms with E-state index in [1.54, 1.807) is 4.57 Å². The molecule has 2 unspecified atom stereocenters. The molecule has 0 bridgehead atoms. The Bertz CT molecular complexity index is 1160. The summed E-state index contributed by atoms with van der Waals surface area (Å²) in [5.41, 5.74) is 0.388. The highest BCUT2D eigenvalue weighted by Crippen LogP contribution is 2.34. The molecule has 8 nitrogen and oxygen atoms in total. The number of nitrogens with zero attached hydrogens (tertiary/aromatic N) is 3. The van der Waals surface area contributed by atoms with Gasteiger partial charge in [0, 0.05) is 19.8 Å². The number of esters is 1. The van der Waals surface area contributed by atoms with Gasteiger partial charge in [0.25, 0.3) is 0 Å². The third-order valence-corrected chi connectivity index (χ3v) is 5.50. The summed E-state index contributed by atoms with van der Waals surface area (Å²) < 4.78 is 19.5. The number of imidazole rings is 1. The van der Waals surface area contributed by atoms with Gasteiger partial charge in [0.1, 0.15) is 17.6 Å². The summed E-state index contributed by atoms with van der Waals surface area (Å²) in [6, 6.07) is 17.1. The number of nitrogens with one attached hydrogen (secondary N) is 1. The van der Waals surface area contributed by atoms with E-state index in [0.29, 0.717) is 29.9 Å². The Morgan fingerprint density at radius 2 is 1.79 bits per heavy atom. The van der Waals surface area contributed by atoms with Crippen molar-refractivity contribution in [2.24, 2.45) is 0 Å². The standard InChI is InChI=1S/C25H30N4O4S/c1-25(2,3)33-23(30)20-21(27-24(28(4)5)29(20)16-11-7-6-8-12-16)26-22(34)19-15-31-17-13-9-10-14-18(17)32-19/h6-14,19,22,26,34H,15H2,1-5H3. The third kappa shape index (κ3) is 5.09. The van der Waals surface area contributed by atoms with Crippen molar-refractivity contribution in [3.8, 4) is 17.2 Å². The van der Waals surface area contributed by atoms with E-state index in [4.69, 9.17) is 31.8 Å². The van der Waals surface area contributed by atoms with Crippen molar-refractivity contribution < 1.29 is 19.0 Å². The van der Waals surface area contributed by atoms with Crippen molar-refractivity contribution in [2.45, 2.75) is 37.9 Å². The summed E-state index contributed by atoms with van der Waals surface area (Å²) in [4.78, 5) is 20.0. The number of ether oxygens (including phenoxy) is 3. The fourth-order valence-corrected chi connectivity index (χ4v) is 3.84. The molecule has 0 spiro atoms. The first-order valence-corrected chi connectivity index (χ1v) is 11.6. The summed E-state index contributed by atoms with van der Waals surface area (Å²) >= 11 is 4.73. The smallest absolute Gasteiger partial charge is 0.359 e. The zero-order valence-electron chi connectivity index (χ0n) is 20.0. The molecule has 3 aromatic rings. The maximum absolute atomic E-state index is 13.4. The molecular weight excluding hydrogens is 452 g/mol. The fourth-order valence-electron chi connectivity index (χ4n) is 3.57. The molecule has 0 saturated carbocycles. The lowest BCUT2D eigenvalue weighted by atomic mass is 10.2. The minimum absolute atomic E-state index is 0.279. The molecule has 34 heavy (non-hydrogen) atoms. The molecule has 0 aliphatic carbocycles. The number of carbonyl (C=O) groups excluding carboxylic acids is 1. The molecule has 0 amide bonds. The number of benzene rings is 2. The Hall–Kier alpha value is -3.33. The van der Waals surface area contributed by atoms with Crippen LogP contribution in [-0.2, 0) is 4.74 Å². The lowest BCUT2D eigenvalue weighted by molar-refractivity contribution is 0.00616. The summed E-state index contributed by atoms with van der Waals surface area (Å²) in [6.45, 7) is 5.81. The molecule has 180 valence electrons. The van der Waals surface area contributed by atoms with Crippen molar-refractivity contribution in [3.63, 3.8) is 0 Å². The van der Waals surface area contributed by atoms with Gasteiger partial charge in [-0.15, -0.1) is 0 Å². The number of carbonyl (C=O) groups is 1. The maximum Gasteiger partial charge on any atom is 0.359 e. The van der Waals surface area contributed by atoms with E-state index in [9.17, 15) is 4.79 Å². The van der Waals surface area contributed by atoms with E-state index in [1.165, 1.54) is 0 Å². The minimum atomic E-state index is -0.678. The first kappa shape index (κ1) is 23.8. The van der Waals surface area contributed by atoms with Gasteiger partial charge in [-0.3, -0.25) is 4.57 Å². The largest absolute Gasteiger partial charge is 0.486 e. The van der Waals surface area contributed by atoms with Gasteiger partial charge in [-0.1, -0.05) is 30.3 Å². The predicted molar refractivity (Wildman–Crippen MR) is 136 cm³/mol. The van der Waals surface area contributed by atoms with Crippen LogP contribution >= 0.6 is 12.6 Å². The fraction of sp³-hybridized carbons (Fsp3) is 0.360. The Labute approximate surface area is 205 Å². The molecule has 2 heterocycles. The van der Waals surface area contributed by atoms with Crippen molar-refractivity contribution in [1.29, 1.82) is 0 Å². The van der Waals surface area contributed by atoms with Crippen molar-refractivity contribution >= 4 is 30.4 Å². The van der Waals surface area contributed by atoms with Gasteiger partial charge in [-0.25, -0.2) is 4.79 Å². The van der Waals surface area contributed by atoms with Crippen LogP contribution in [0.2, 0.25) is 0 Å². The van der Waals surface area contributed by atoms with Gasteiger partial charge in [0.15, 0.2) is 29.1 Å². The Balaban J connectivity index is 1.72. The second-order valence-corrected chi connectivity index (χ2v) is 9.74. The van der Waals surface area contributed by atoms with Crippen molar-refractivity contribution in [3.05, 3.63) is 60.3 Å². The highest BCUT2D eigenvalue weighted by Gasteiger charge is 2.33. The van der Waals surface area contributed by atoms with Crippen LogP contribution in [0.3, 0.4) is 0 Å². The average molecular weight is 483 g/mol. The quantitative estimate of drug-likeness (QED) is 0.306. The molecule has 0 fully saturated rings. The first-order valence-electron chi connectivity index (χ1n) is 11.1. The van der Waals surface area contributed by atoms with Crippen LogP contribution in [0.5, 0.6) is 11.5 Å². The number of fused-ring (bicyclic) bond motifs is 1. The minimum Gasteiger partial charge on any atom is -0.486 e.